The number of rotatable bonds is 4. The second kappa shape index (κ2) is 6.53. The van der Waals surface area contributed by atoms with Crippen molar-refractivity contribution in [3.63, 3.8) is 0 Å². The first-order valence-electron chi connectivity index (χ1n) is 8.27. The fourth-order valence-electron chi connectivity index (χ4n) is 3.30. The molecule has 26 heavy (non-hydrogen) atoms. The molecule has 1 aromatic carbocycles. The van der Waals surface area contributed by atoms with Crippen molar-refractivity contribution in [2.45, 2.75) is 38.4 Å². The summed E-state index contributed by atoms with van der Waals surface area (Å²) in [5, 5.41) is 10.8. The number of ether oxygens (including phenoxy) is 3. The molecule has 0 aliphatic carbocycles. The van der Waals surface area contributed by atoms with Crippen molar-refractivity contribution in [1.29, 1.82) is 0 Å². The minimum absolute atomic E-state index is 0.116. The Hall–Kier alpha value is -2.74. The predicted octanol–water partition coefficient (Wildman–Crippen LogP) is 1.84. The molecule has 2 aromatic rings. The van der Waals surface area contributed by atoms with Crippen molar-refractivity contribution in [3.8, 4) is 17.2 Å². The molecule has 0 fully saturated rings. The molecule has 8 nitrogen and oxygen atoms in total. The van der Waals surface area contributed by atoms with Crippen LogP contribution < -0.4 is 25.7 Å². The van der Waals surface area contributed by atoms with Crippen molar-refractivity contribution < 1.29 is 19.3 Å². The average Bonchev–Trinajstić information content (AvgIpc) is 2.55. The zero-order valence-corrected chi connectivity index (χ0v) is 15.4. The molecule has 140 valence electrons. The zero-order valence-electron chi connectivity index (χ0n) is 15.4. The summed E-state index contributed by atoms with van der Waals surface area (Å²) in [6.07, 6.45) is 1.73. The predicted molar refractivity (Wildman–Crippen MR) is 97.5 cm³/mol. The molecule has 8 heteroatoms. The Morgan fingerprint density at radius 2 is 2.00 bits per heavy atom. The van der Waals surface area contributed by atoms with E-state index in [4.69, 9.17) is 25.7 Å². The molecule has 2 heterocycles. The number of benzene rings is 1. The highest BCUT2D eigenvalue weighted by Gasteiger charge is 2.37. The van der Waals surface area contributed by atoms with Gasteiger partial charge in [0, 0.05) is 30.2 Å². The number of aromatic nitrogens is 2. The minimum Gasteiger partial charge on any atom is -0.493 e. The van der Waals surface area contributed by atoms with Crippen LogP contribution in [0.4, 0.5) is 11.8 Å². The summed E-state index contributed by atoms with van der Waals surface area (Å²) in [5.74, 6) is 1.87. The first-order chi connectivity index (χ1) is 12.3. The molecule has 1 aromatic heterocycles. The highest BCUT2D eigenvalue weighted by Crippen LogP contribution is 2.51. The number of nitrogen functional groups attached to an aromatic ring is 2. The molecular formula is C18H24N4O4. The summed E-state index contributed by atoms with van der Waals surface area (Å²) in [4.78, 5) is 8.00. The van der Waals surface area contributed by atoms with E-state index >= 15 is 0 Å². The lowest BCUT2D eigenvalue weighted by Crippen LogP contribution is -2.35. The fraction of sp³-hybridized carbons (Fsp3) is 0.444. The fourth-order valence-corrected chi connectivity index (χ4v) is 3.30. The number of fused-ring (bicyclic) bond motifs is 1. The van der Waals surface area contributed by atoms with Crippen LogP contribution in [0.15, 0.2) is 12.3 Å². The third kappa shape index (κ3) is 3.20. The number of methoxy groups -OCH3 is 2. The maximum Gasteiger partial charge on any atom is 0.221 e. The van der Waals surface area contributed by atoms with E-state index in [1.807, 2.05) is 19.9 Å². The van der Waals surface area contributed by atoms with E-state index in [1.165, 1.54) is 0 Å². The van der Waals surface area contributed by atoms with Gasteiger partial charge >= 0.3 is 0 Å². The molecule has 0 bridgehead atoms. The minimum atomic E-state index is -0.709. The molecule has 3 rings (SSSR count). The van der Waals surface area contributed by atoms with Crippen LogP contribution in [-0.4, -0.2) is 34.9 Å². The van der Waals surface area contributed by atoms with E-state index in [9.17, 15) is 5.11 Å². The Kier molecular flexibility index (Phi) is 4.53. The molecule has 0 saturated carbocycles. The van der Waals surface area contributed by atoms with E-state index in [-0.39, 0.29) is 5.95 Å². The number of nitrogens with two attached hydrogens (primary N) is 2. The standard InChI is InChI=1S/C18H24N4O4/c1-18(2)7-11(23)13-9(5-10-8-21-17(20)22-16(10)19)6-12(24-3)14(25-4)15(13)26-18/h6,8,11,23H,5,7H2,1-4H3,(H4,19,20,21,22). The molecule has 0 radical (unpaired) electrons. The monoisotopic (exact) mass is 360 g/mol. The van der Waals surface area contributed by atoms with Crippen LogP contribution in [-0.2, 0) is 6.42 Å². The van der Waals surface area contributed by atoms with Crippen LogP contribution in [0, 0.1) is 0 Å². The average molecular weight is 360 g/mol. The lowest BCUT2D eigenvalue weighted by Gasteiger charge is -2.37. The van der Waals surface area contributed by atoms with E-state index in [1.54, 1.807) is 20.4 Å². The molecule has 1 unspecified atom stereocenters. The molecule has 0 amide bonds. The van der Waals surface area contributed by atoms with Gasteiger partial charge in [-0.1, -0.05) is 0 Å². The van der Waals surface area contributed by atoms with Gasteiger partial charge in [0.05, 0.1) is 20.3 Å². The number of aliphatic hydroxyl groups excluding tert-OH is 1. The lowest BCUT2D eigenvalue weighted by molar-refractivity contribution is 0.00840. The van der Waals surface area contributed by atoms with Crippen molar-refractivity contribution >= 4 is 11.8 Å². The summed E-state index contributed by atoms with van der Waals surface area (Å²) in [5.41, 5.74) is 13.2. The summed E-state index contributed by atoms with van der Waals surface area (Å²) >= 11 is 0. The summed E-state index contributed by atoms with van der Waals surface area (Å²) in [6, 6.07) is 1.82. The van der Waals surface area contributed by atoms with Gasteiger partial charge in [-0.25, -0.2) is 4.98 Å². The topological polar surface area (TPSA) is 126 Å². The Balaban J connectivity index is 2.16. The van der Waals surface area contributed by atoms with Gasteiger partial charge in [-0.2, -0.15) is 4.98 Å². The van der Waals surface area contributed by atoms with Crippen molar-refractivity contribution in [1.82, 2.24) is 9.97 Å². The second-order valence-corrected chi connectivity index (χ2v) is 6.91. The van der Waals surface area contributed by atoms with Gasteiger partial charge in [-0.05, 0) is 25.5 Å². The highest BCUT2D eigenvalue weighted by molar-refractivity contribution is 5.62. The van der Waals surface area contributed by atoms with Gasteiger partial charge < -0.3 is 30.8 Å². The number of hydrogen-bond donors (Lipinski definition) is 3. The van der Waals surface area contributed by atoms with Gasteiger partial charge in [-0.15, -0.1) is 0 Å². The van der Waals surface area contributed by atoms with E-state index in [2.05, 4.69) is 9.97 Å². The smallest absolute Gasteiger partial charge is 0.221 e. The second-order valence-electron chi connectivity index (χ2n) is 6.91. The third-order valence-corrected chi connectivity index (χ3v) is 4.44. The maximum atomic E-state index is 10.8. The number of hydrogen-bond acceptors (Lipinski definition) is 8. The first-order valence-corrected chi connectivity index (χ1v) is 8.27. The van der Waals surface area contributed by atoms with E-state index < -0.39 is 11.7 Å². The Morgan fingerprint density at radius 1 is 1.27 bits per heavy atom. The van der Waals surface area contributed by atoms with Crippen LogP contribution in [0.25, 0.3) is 0 Å². The Labute approximate surface area is 152 Å². The summed E-state index contributed by atoms with van der Waals surface area (Å²) in [7, 11) is 3.10. The quantitative estimate of drug-likeness (QED) is 0.754. The van der Waals surface area contributed by atoms with Crippen LogP contribution in [0.5, 0.6) is 17.2 Å². The molecule has 1 atom stereocenters. The molecular weight excluding hydrogens is 336 g/mol. The lowest BCUT2D eigenvalue weighted by atomic mass is 9.86. The largest absolute Gasteiger partial charge is 0.493 e. The SMILES string of the molecule is COc1cc(Cc2cnc(N)nc2N)c2c(c1OC)OC(C)(C)CC2O. The summed E-state index contributed by atoms with van der Waals surface area (Å²) < 4.78 is 17.1. The van der Waals surface area contributed by atoms with Gasteiger partial charge in [0.2, 0.25) is 11.7 Å². The van der Waals surface area contributed by atoms with Gasteiger partial charge in [0.25, 0.3) is 0 Å². The number of anilines is 2. The first kappa shape index (κ1) is 18.1. The van der Waals surface area contributed by atoms with E-state index in [0.29, 0.717) is 47.0 Å². The molecule has 1 aliphatic heterocycles. The Bertz CT molecular complexity index is 838. The van der Waals surface area contributed by atoms with Crippen LogP contribution in [0.3, 0.4) is 0 Å². The summed E-state index contributed by atoms with van der Waals surface area (Å²) in [6.45, 7) is 3.84. The van der Waals surface area contributed by atoms with Crippen LogP contribution >= 0.6 is 0 Å². The normalized spacial score (nSPS) is 18.0. The number of nitrogens with zero attached hydrogens (tertiary/aromatic N) is 2. The highest BCUT2D eigenvalue weighted by atomic mass is 16.5. The molecule has 0 saturated heterocycles. The maximum absolute atomic E-state index is 10.8. The molecule has 5 N–H and O–H groups in total. The van der Waals surface area contributed by atoms with Gasteiger partial charge in [-0.3, -0.25) is 0 Å². The molecule has 0 spiro atoms. The van der Waals surface area contributed by atoms with E-state index in [0.717, 1.165) is 5.56 Å². The Morgan fingerprint density at radius 3 is 2.62 bits per heavy atom. The molecule has 1 aliphatic rings. The van der Waals surface area contributed by atoms with Gasteiger partial charge in [0.1, 0.15) is 11.4 Å². The van der Waals surface area contributed by atoms with Crippen LogP contribution in [0.1, 0.15) is 43.1 Å². The third-order valence-electron chi connectivity index (χ3n) is 4.44. The zero-order chi connectivity index (χ0) is 19.1. The van der Waals surface area contributed by atoms with Crippen molar-refractivity contribution in [3.05, 3.63) is 29.0 Å². The van der Waals surface area contributed by atoms with Gasteiger partial charge in [0.15, 0.2) is 11.5 Å². The number of aliphatic hydroxyl groups is 1. The van der Waals surface area contributed by atoms with Crippen LogP contribution in [0.2, 0.25) is 0 Å². The van der Waals surface area contributed by atoms with Crippen molar-refractivity contribution in [2.75, 3.05) is 25.7 Å². The van der Waals surface area contributed by atoms with Crippen molar-refractivity contribution in [2.24, 2.45) is 0 Å².